The molecule has 0 aliphatic carbocycles. The standard InChI is InChI=1S/C18H18N2O4/c1-19-18(23)17(14-7-3-2-4-8-14)20-16(22)12-24-15-9-5-6-13(10-15)11-21/h2-11,17H,12H2,1H3,(H,19,23)(H,20,22). The zero-order chi connectivity index (χ0) is 17.4. The van der Waals surface area contributed by atoms with Gasteiger partial charge in [-0.1, -0.05) is 42.5 Å². The van der Waals surface area contributed by atoms with Crippen molar-refractivity contribution in [3.8, 4) is 5.75 Å². The number of ether oxygens (including phenoxy) is 1. The maximum absolute atomic E-state index is 12.1. The Bertz CT molecular complexity index is 716. The van der Waals surface area contributed by atoms with Crippen LogP contribution in [0.4, 0.5) is 0 Å². The molecule has 124 valence electrons. The highest BCUT2D eigenvalue weighted by atomic mass is 16.5. The van der Waals surface area contributed by atoms with Gasteiger partial charge in [-0.3, -0.25) is 14.4 Å². The fourth-order valence-corrected chi connectivity index (χ4v) is 2.12. The van der Waals surface area contributed by atoms with E-state index in [4.69, 9.17) is 4.74 Å². The topological polar surface area (TPSA) is 84.5 Å². The van der Waals surface area contributed by atoms with Crippen molar-refractivity contribution in [2.24, 2.45) is 0 Å². The SMILES string of the molecule is CNC(=O)C(NC(=O)COc1cccc(C=O)c1)c1ccccc1. The average Bonchev–Trinajstić information content (AvgIpc) is 2.64. The molecule has 1 atom stereocenters. The molecule has 2 amide bonds. The Balaban J connectivity index is 2.00. The van der Waals surface area contributed by atoms with Crippen molar-refractivity contribution in [3.05, 3.63) is 65.7 Å². The lowest BCUT2D eigenvalue weighted by atomic mass is 10.1. The zero-order valence-corrected chi connectivity index (χ0v) is 13.2. The molecule has 0 radical (unpaired) electrons. The molecule has 2 rings (SSSR count). The first-order valence-electron chi connectivity index (χ1n) is 7.38. The third-order valence-electron chi connectivity index (χ3n) is 3.31. The van der Waals surface area contributed by atoms with Crippen LogP contribution in [-0.4, -0.2) is 31.8 Å². The first-order chi connectivity index (χ1) is 11.6. The van der Waals surface area contributed by atoms with Crippen LogP contribution in [0.25, 0.3) is 0 Å². The second kappa shape index (κ2) is 8.47. The fourth-order valence-electron chi connectivity index (χ4n) is 2.12. The summed E-state index contributed by atoms with van der Waals surface area (Å²) in [6.07, 6.45) is 0.698. The summed E-state index contributed by atoms with van der Waals surface area (Å²) in [7, 11) is 1.51. The van der Waals surface area contributed by atoms with E-state index in [1.165, 1.54) is 13.1 Å². The van der Waals surface area contributed by atoms with Gasteiger partial charge in [0.25, 0.3) is 5.91 Å². The van der Waals surface area contributed by atoms with E-state index in [0.29, 0.717) is 23.2 Å². The summed E-state index contributed by atoms with van der Waals surface area (Å²) in [5.74, 6) is -0.354. The normalized spacial score (nSPS) is 11.2. The summed E-state index contributed by atoms with van der Waals surface area (Å²) in [6, 6.07) is 14.6. The molecular weight excluding hydrogens is 308 g/mol. The lowest BCUT2D eigenvalue weighted by Crippen LogP contribution is -2.40. The summed E-state index contributed by atoms with van der Waals surface area (Å²) in [5.41, 5.74) is 1.13. The van der Waals surface area contributed by atoms with Crippen molar-refractivity contribution in [1.29, 1.82) is 0 Å². The molecule has 6 heteroatoms. The Morgan fingerprint density at radius 3 is 2.54 bits per heavy atom. The maximum atomic E-state index is 12.1. The first-order valence-corrected chi connectivity index (χ1v) is 7.38. The van der Waals surface area contributed by atoms with Crippen molar-refractivity contribution in [2.75, 3.05) is 13.7 Å². The molecule has 0 fully saturated rings. The number of nitrogens with one attached hydrogen (secondary N) is 2. The number of hydrogen-bond acceptors (Lipinski definition) is 4. The van der Waals surface area contributed by atoms with Crippen molar-refractivity contribution in [2.45, 2.75) is 6.04 Å². The van der Waals surface area contributed by atoms with Crippen LogP contribution >= 0.6 is 0 Å². The van der Waals surface area contributed by atoms with Crippen molar-refractivity contribution >= 4 is 18.1 Å². The summed E-state index contributed by atoms with van der Waals surface area (Å²) < 4.78 is 5.36. The van der Waals surface area contributed by atoms with Crippen LogP contribution < -0.4 is 15.4 Å². The molecule has 24 heavy (non-hydrogen) atoms. The molecule has 0 saturated heterocycles. The summed E-state index contributed by atoms with van der Waals surface area (Å²) in [5, 5.41) is 5.16. The minimum absolute atomic E-state index is 0.261. The predicted molar refractivity (Wildman–Crippen MR) is 88.7 cm³/mol. The van der Waals surface area contributed by atoms with Gasteiger partial charge in [0, 0.05) is 12.6 Å². The van der Waals surface area contributed by atoms with Gasteiger partial charge >= 0.3 is 0 Å². The lowest BCUT2D eigenvalue weighted by molar-refractivity contribution is -0.129. The number of hydrogen-bond donors (Lipinski definition) is 2. The Hall–Kier alpha value is -3.15. The number of rotatable bonds is 7. The van der Waals surface area contributed by atoms with Gasteiger partial charge < -0.3 is 15.4 Å². The van der Waals surface area contributed by atoms with E-state index >= 15 is 0 Å². The van der Waals surface area contributed by atoms with Crippen LogP contribution in [0.1, 0.15) is 22.0 Å². The van der Waals surface area contributed by atoms with E-state index in [0.717, 1.165) is 0 Å². The van der Waals surface area contributed by atoms with Gasteiger partial charge in [0.2, 0.25) is 5.91 Å². The van der Waals surface area contributed by atoms with Gasteiger partial charge in [-0.2, -0.15) is 0 Å². The molecule has 0 heterocycles. The Morgan fingerprint density at radius 2 is 1.88 bits per heavy atom. The Morgan fingerprint density at radius 1 is 1.12 bits per heavy atom. The zero-order valence-electron chi connectivity index (χ0n) is 13.2. The van der Waals surface area contributed by atoms with Gasteiger partial charge in [-0.15, -0.1) is 0 Å². The molecule has 0 aliphatic rings. The summed E-state index contributed by atoms with van der Waals surface area (Å²) >= 11 is 0. The number of carbonyl (C=O) groups is 3. The van der Waals surface area contributed by atoms with Crippen LogP contribution in [0.5, 0.6) is 5.75 Å². The Kier molecular flexibility index (Phi) is 6.08. The van der Waals surface area contributed by atoms with E-state index in [2.05, 4.69) is 10.6 Å². The largest absolute Gasteiger partial charge is 0.484 e. The van der Waals surface area contributed by atoms with Gasteiger partial charge in [0.05, 0.1) is 0 Å². The molecule has 2 aromatic carbocycles. The molecule has 6 nitrogen and oxygen atoms in total. The Labute approximate surface area is 139 Å². The third kappa shape index (κ3) is 4.67. The molecule has 0 bridgehead atoms. The van der Waals surface area contributed by atoms with Gasteiger partial charge in [0.1, 0.15) is 18.1 Å². The summed E-state index contributed by atoms with van der Waals surface area (Å²) in [6.45, 7) is -0.261. The van der Waals surface area contributed by atoms with Crippen molar-refractivity contribution < 1.29 is 19.1 Å². The van der Waals surface area contributed by atoms with Gasteiger partial charge in [-0.05, 0) is 17.7 Å². The molecule has 2 N–H and O–H groups in total. The van der Waals surface area contributed by atoms with Crippen molar-refractivity contribution in [3.63, 3.8) is 0 Å². The molecule has 0 aromatic heterocycles. The van der Waals surface area contributed by atoms with E-state index in [9.17, 15) is 14.4 Å². The highest BCUT2D eigenvalue weighted by molar-refractivity contribution is 5.89. The third-order valence-corrected chi connectivity index (χ3v) is 3.31. The number of amides is 2. The minimum Gasteiger partial charge on any atom is -0.484 e. The number of carbonyl (C=O) groups excluding carboxylic acids is 3. The van der Waals surface area contributed by atoms with Crippen molar-refractivity contribution in [1.82, 2.24) is 10.6 Å². The predicted octanol–water partition coefficient (Wildman–Crippen LogP) is 1.48. The number of benzene rings is 2. The molecule has 0 saturated carbocycles. The number of likely N-dealkylation sites (N-methyl/N-ethyl adjacent to an activating group) is 1. The second-order valence-electron chi connectivity index (χ2n) is 5.00. The van der Waals surface area contributed by atoms with Crippen LogP contribution in [0.15, 0.2) is 54.6 Å². The average molecular weight is 326 g/mol. The van der Waals surface area contributed by atoms with Crippen LogP contribution in [-0.2, 0) is 9.59 Å². The number of aldehydes is 1. The highest BCUT2D eigenvalue weighted by Crippen LogP contribution is 2.14. The minimum atomic E-state index is -0.798. The molecule has 2 aromatic rings. The fraction of sp³-hybridized carbons (Fsp3) is 0.167. The highest BCUT2D eigenvalue weighted by Gasteiger charge is 2.21. The summed E-state index contributed by atoms with van der Waals surface area (Å²) in [4.78, 5) is 34.8. The monoisotopic (exact) mass is 326 g/mol. The molecular formula is C18H18N2O4. The smallest absolute Gasteiger partial charge is 0.258 e. The van der Waals surface area contributed by atoms with Gasteiger partial charge in [0.15, 0.2) is 6.61 Å². The van der Waals surface area contributed by atoms with Crippen LogP contribution in [0.3, 0.4) is 0 Å². The van der Waals surface area contributed by atoms with E-state index in [-0.39, 0.29) is 12.5 Å². The van der Waals surface area contributed by atoms with E-state index < -0.39 is 11.9 Å². The van der Waals surface area contributed by atoms with E-state index in [1.54, 1.807) is 42.5 Å². The van der Waals surface area contributed by atoms with Crippen LogP contribution in [0.2, 0.25) is 0 Å². The van der Waals surface area contributed by atoms with Crippen LogP contribution in [0, 0.1) is 0 Å². The molecule has 0 aliphatic heterocycles. The quantitative estimate of drug-likeness (QED) is 0.755. The van der Waals surface area contributed by atoms with Gasteiger partial charge in [-0.25, -0.2) is 0 Å². The lowest BCUT2D eigenvalue weighted by Gasteiger charge is -2.18. The maximum Gasteiger partial charge on any atom is 0.258 e. The van der Waals surface area contributed by atoms with E-state index in [1.807, 2.05) is 6.07 Å². The molecule has 1 unspecified atom stereocenters. The first kappa shape index (κ1) is 17.2. The second-order valence-corrected chi connectivity index (χ2v) is 5.00. The molecule has 0 spiro atoms.